The molecule has 0 bridgehead atoms. The van der Waals surface area contributed by atoms with Gasteiger partial charge in [-0.25, -0.2) is 0 Å². The number of nitrogens with one attached hydrogen (secondary N) is 1. The van der Waals surface area contributed by atoms with E-state index in [2.05, 4.69) is 17.3 Å². The van der Waals surface area contributed by atoms with E-state index in [-0.39, 0.29) is 11.9 Å². The fourth-order valence-corrected chi connectivity index (χ4v) is 3.29. The minimum absolute atomic E-state index is 0.0771. The molecule has 2 rings (SSSR count). The Hall–Kier alpha value is -0.610. The summed E-state index contributed by atoms with van der Waals surface area (Å²) in [6.07, 6.45) is 11.1. The standard InChI is InChI=1S/C16H30N2O2/c1-18-12-6-2-3-10-15(18)16(19)17-11-7-13-20-14-8-4-5-9-14/h14-15H,2-13H2,1H3,(H,17,19)/t15-/m0/s1. The Labute approximate surface area is 123 Å². The molecule has 1 heterocycles. The molecule has 0 aromatic rings. The highest BCUT2D eigenvalue weighted by atomic mass is 16.5. The monoisotopic (exact) mass is 282 g/mol. The molecule has 1 aliphatic carbocycles. The van der Waals surface area contributed by atoms with Gasteiger partial charge in [0.1, 0.15) is 0 Å². The van der Waals surface area contributed by atoms with Crippen molar-refractivity contribution in [3.05, 3.63) is 0 Å². The minimum atomic E-state index is 0.0771. The highest BCUT2D eigenvalue weighted by Gasteiger charge is 2.24. The summed E-state index contributed by atoms with van der Waals surface area (Å²) in [6, 6.07) is 0.0771. The number of amides is 1. The third kappa shape index (κ3) is 5.06. The molecule has 1 amide bonds. The number of carbonyl (C=O) groups is 1. The number of likely N-dealkylation sites (N-methyl/N-ethyl adjacent to an activating group) is 1. The van der Waals surface area contributed by atoms with Crippen molar-refractivity contribution in [1.29, 1.82) is 0 Å². The van der Waals surface area contributed by atoms with Crippen LogP contribution < -0.4 is 5.32 Å². The number of hydrogen-bond donors (Lipinski definition) is 1. The van der Waals surface area contributed by atoms with E-state index in [1.54, 1.807) is 0 Å². The van der Waals surface area contributed by atoms with Crippen LogP contribution >= 0.6 is 0 Å². The maximum absolute atomic E-state index is 12.2. The topological polar surface area (TPSA) is 41.6 Å². The normalized spacial score (nSPS) is 25.6. The molecule has 0 aromatic heterocycles. The molecule has 0 spiro atoms. The second-order valence-corrected chi connectivity index (χ2v) is 6.27. The van der Waals surface area contributed by atoms with Crippen LogP contribution in [0.15, 0.2) is 0 Å². The van der Waals surface area contributed by atoms with Gasteiger partial charge in [-0.2, -0.15) is 0 Å². The predicted octanol–water partition coefficient (Wildman–Crippen LogP) is 2.33. The maximum atomic E-state index is 12.2. The molecule has 1 saturated heterocycles. The lowest BCUT2D eigenvalue weighted by Crippen LogP contribution is -2.45. The molecule has 20 heavy (non-hydrogen) atoms. The van der Waals surface area contributed by atoms with Crippen molar-refractivity contribution >= 4 is 5.91 Å². The Morgan fingerprint density at radius 3 is 2.70 bits per heavy atom. The van der Waals surface area contributed by atoms with Crippen LogP contribution in [0.4, 0.5) is 0 Å². The Bertz CT molecular complexity index is 290. The summed E-state index contributed by atoms with van der Waals surface area (Å²) in [7, 11) is 2.07. The van der Waals surface area contributed by atoms with Crippen LogP contribution in [0.2, 0.25) is 0 Å². The zero-order valence-electron chi connectivity index (χ0n) is 12.9. The summed E-state index contributed by atoms with van der Waals surface area (Å²) < 4.78 is 5.81. The molecule has 0 aromatic carbocycles. The van der Waals surface area contributed by atoms with E-state index in [4.69, 9.17) is 4.74 Å². The first-order valence-electron chi connectivity index (χ1n) is 8.37. The summed E-state index contributed by atoms with van der Waals surface area (Å²) in [4.78, 5) is 14.4. The number of hydrogen-bond acceptors (Lipinski definition) is 3. The quantitative estimate of drug-likeness (QED) is 0.760. The van der Waals surface area contributed by atoms with Gasteiger partial charge in [0.15, 0.2) is 0 Å². The van der Waals surface area contributed by atoms with E-state index in [1.807, 2.05) is 0 Å². The van der Waals surface area contributed by atoms with Gasteiger partial charge in [0.05, 0.1) is 12.1 Å². The van der Waals surface area contributed by atoms with Gasteiger partial charge in [-0.15, -0.1) is 0 Å². The third-order valence-electron chi connectivity index (χ3n) is 4.60. The van der Waals surface area contributed by atoms with Crippen LogP contribution in [0.3, 0.4) is 0 Å². The van der Waals surface area contributed by atoms with Crippen LogP contribution in [0.5, 0.6) is 0 Å². The van der Waals surface area contributed by atoms with Gasteiger partial charge in [0.25, 0.3) is 0 Å². The molecule has 1 atom stereocenters. The van der Waals surface area contributed by atoms with Crippen molar-refractivity contribution in [3.8, 4) is 0 Å². The second-order valence-electron chi connectivity index (χ2n) is 6.27. The summed E-state index contributed by atoms with van der Waals surface area (Å²) in [5.74, 6) is 0.204. The largest absolute Gasteiger partial charge is 0.378 e. The number of likely N-dealkylation sites (tertiary alicyclic amines) is 1. The molecule has 2 fully saturated rings. The van der Waals surface area contributed by atoms with Crippen molar-refractivity contribution in [2.45, 2.75) is 69.9 Å². The van der Waals surface area contributed by atoms with Crippen LogP contribution in [-0.4, -0.2) is 49.7 Å². The van der Waals surface area contributed by atoms with E-state index < -0.39 is 0 Å². The molecule has 4 heteroatoms. The van der Waals surface area contributed by atoms with E-state index in [1.165, 1.54) is 44.9 Å². The molecule has 1 aliphatic heterocycles. The fourth-order valence-electron chi connectivity index (χ4n) is 3.29. The first-order chi connectivity index (χ1) is 9.77. The second kappa shape index (κ2) is 8.63. The summed E-state index contributed by atoms with van der Waals surface area (Å²) in [6.45, 7) is 2.57. The van der Waals surface area contributed by atoms with Crippen LogP contribution in [0.1, 0.15) is 57.8 Å². The lowest BCUT2D eigenvalue weighted by molar-refractivity contribution is -0.126. The smallest absolute Gasteiger partial charge is 0.237 e. The van der Waals surface area contributed by atoms with E-state index in [0.29, 0.717) is 6.10 Å². The number of carbonyl (C=O) groups excluding carboxylic acids is 1. The summed E-state index contributed by atoms with van der Waals surface area (Å²) in [5.41, 5.74) is 0. The van der Waals surface area contributed by atoms with Gasteiger partial charge in [-0.3, -0.25) is 9.69 Å². The van der Waals surface area contributed by atoms with Crippen molar-refractivity contribution < 1.29 is 9.53 Å². The number of rotatable bonds is 6. The first-order valence-corrected chi connectivity index (χ1v) is 8.37. The van der Waals surface area contributed by atoms with E-state index >= 15 is 0 Å². The highest BCUT2D eigenvalue weighted by molar-refractivity contribution is 5.81. The van der Waals surface area contributed by atoms with E-state index in [0.717, 1.165) is 32.5 Å². The van der Waals surface area contributed by atoms with Crippen LogP contribution in [0, 0.1) is 0 Å². The van der Waals surface area contributed by atoms with Crippen molar-refractivity contribution in [3.63, 3.8) is 0 Å². The highest BCUT2D eigenvalue weighted by Crippen LogP contribution is 2.20. The molecule has 0 radical (unpaired) electrons. The lowest BCUT2D eigenvalue weighted by Gasteiger charge is -2.24. The van der Waals surface area contributed by atoms with Gasteiger partial charge >= 0.3 is 0 Å². The predicted molar refractivity (Wildman–Crippen MR) is 80.7 cm³/mol. The van der Waals surface area contributed by atoms with Crippen LogP contribution in [0.25, 0.3) is 0 Å². The van der Waals surface area contributed by atoms with Gasteiger partial charge in [0, 0.05) is 13.2 Å². The maximum Gasteiger partial charge on any atom is 0.237 e. The van der Waals surface area contributed by atoms with Crippen molar-refractivity contribution in [2.75, 3.05) is 26.7 Å². The van der Waals surface area contributed by atoms with Gasteiger partial charge in [-0.1, -0.05) is 25.7 Å². The minimum Gasteiger partial charge on any atom is -0.378 e. The molecule has 116 valence electrons. The molecule has 1 saturated carbocycles. The summed E-state index contributed by atoms with van der Waals surface area (Å²) in [5, 5.41) is 3.08. The Kier molecular flexibility index (Phi) is 6.80. The molecular weight excluding hydrogens is 252 g/mol. The Balaban J connectivity index is 1.56. The zero-order chi connectivity index (χ0) is 14.2. The average molecular weight is 282 g/mol. The summed E-state index contributed by atoms with van der Waals surface area (Å²) >= 11 is 0. The SMILES string of the molecule is CN1CCCCC[C@H]1C(=O)NCCCOC1CCCC1. The van der Waals surface area contributed by atoms with Gasteiger partial charge in [-0.05, 0) is 45.7 Å². The molecule has 1 N–H and O–H groups in total. The van der Waals surface area contributed by atoms with E-state index in [9.17, 15) is 4.79 Å². The molecule has 4 nitrogen and oxygen atoms in total. The average Bonchev–Trinajstić information content (AvgIpc) is 2.86. The van der Waals surface area contributed by atoms with Gasteiger partial charge in [0.2, 0.25) is 5.91 Å². The third-order valence-corrected chi connectivity index (χ3v) is 4.60. The Morgan fingerprint density at radius 1 is 1.15 bits per heavy atom. The van der Waals surface area contributed by atoms with Crippen LogP contribution in [-0.2, 0) is 9.53 Å². The fraction of sp³-hybridized carbons (Fsp3) is 0.938. The molecule has 2 aliphatic rings. The Morgan fingerprint density at radius 2 is 1.90 bits per heavy atom. The number of ether oxygens (including phenoxy) is 1. The molecule has 0 unspecified atom stereocenters. The zero-order valence-corrected chi connectivity index (χ0v) is 12.9. The first kappa shape index (κ1) is 15.8. The van der Waals surface area contributed by atoms with Crippen molar-refractivity contribution in [1.82, 2.24) is 10.2 Å². The lowest BCUT2D eigenvalue weighted by atomic mass is 10.1. The van der Waals surface area contributed by atoms with Gasteiger partial charge < -0.3 is 10.1 Å². The number of nitrogens with zero attached hydrogens (tertiary/aromatic N) is 1. The van der Waals surface area contributed by atoms with Crippen molar-refractivity contribution in [2.24, 2.45) is 0 Å². The molecular formula is C16H30N2O2.